The van der Waals surface area contributed by atoms with Crippen molar-refractivity contribution in [2.75, 3.05) is 31.2 Å². The zero-order valence-corrected chi connectivity index (χ0v) is 10.1. The van der Waals surface area contributed by atoms with Crippen molar-refractivity contribution < 1.29 is 4.74 Å². The molecule has 0 bridgehead atoms. The Balaban J connectivity index is 2.23. The fourth-order valence-electron chi connectivity index (χ4n) is 2.09. The lowest BCUT2D eigenvalue weighted by molar-refractivity contribution is 0.0963. The maximum atomic E-state index is 5.78. The van der Waals surface area contributed by atoms with E-state index in [1.165, 1.54) is 16.8 Å². The molecule has 2 rings (SSSR count). The maximum Gasteiger partial charge on any atom is 0.0683 e. The minimum Gasteiger partial charge on any atom is -0.377 e. The zero-order chi connectivity index (χ0) is 11.5. The first-order chi connectivity index (χ1) is 7.72. The van der Waals surface area contributed by atoms with Crippen LogP contribution in [0.3, 0.4) is 0 Å². The summed E-state index contributed by atoms with van der Waals surface area (Å²) in [6, 6.07) is 6.91. The highest BCUT2D eigenvalue weighted by molar-refractivity contribution is 5.51. The molecule has 16 heavy (non-hydrogen) atoms. The van der Waals surface area contributed by atoms with E-state index in [1.807, 2.05) is 0 Å². The van der Waals surface area contributed by atoms with Gasteiger partial charge in [-0.05, 0) is 37.1 Å². The Morgan fingerprint density at radius 3 is 2.88 bits per heavy atom. The Bertz CT molecular complexity index is 365. The van der Waals surface area contributed by atoms with E-state index in [0.29, 0.717) is 12.6 Å². The molecule has 0 aliphatic carbocycles. The molecule has 0 amide bonds. The molecule has 1 fully saturated rings. The molecule has 1 unspecified atom stereocenters. The van der Waals surface area contributed by atoms with Crippen molar-refractivity contribution in [2.45, 2.75) is 19.9 Å². The van der Waals surface area contributed by atoms with E-state index in [9.17, 15) is 0 Å². The van der Waals surface area contributed by atoms with Crippen molar-refractivity contribution in [3.63, 3.8) is 0 Å². The van der Waals surface area contributed by atoms with Gasteiger partial charge in [0.2, 0.25) is 0 Å². The van der Waals surface area contributed by atoms with E-state index >= 15 is 0 Å². The minimum absolute atomic E-state index is 0.316. The molecule has 0 saturated carbocycles. The SMILES string of the molecule is Cc1ccc(N2CCOCC2CN)cc1C. The molecule has 0 spiro atoms. The molecule has 0 aromatic heterocycles. The van der Waals surface area contributed by atoms with Crippen LogP contribution in [0, 0.1) is 13.8 Å². The van der Waals surface area contributed by atoms with Crippen LogP contribution < -0.4 is 10.6 Å². The van der Waals surface area contributed by atoms with E-state index in [-0.39, 0.29) is 0 Å². The van der Waals surface area contributed by atoms with E-state index < -0.39 is 0 Å². The third-order valence-corrected chi connectivity index (χ3v) is 3.32. The van der Waals surface area contributed by atoms with Gasteiger partial charge >= 0.3 is 0 Å². The first-order valence-corrected chi connectivity index (χ1v) is 5.84. The first kappa shape index (κ1) is 11.4. The van der Waals surface area contributed by atoms with Crippen LogP contribution in [0.4, 0.5) is 5.69 Å². The highest BCUT2D eigenvalue weighted by Gasteiger charge is 2.21. The highest BCUT2D eigenvalue weighted by Crippen LogP contribution is 2.22. The molecular weight excluding hydrogens is 200 g/mol. The summed E-state index contributed by atoms with van der Waals surface area (Å²) in [5, 5.41) is 0. The van der Waals surface area contributed by atoms with E-state index in [2.05, 4.69) is 36.9 Å². The van der Waals surface area contributed by atoms with Gasteiger partial charge in [0.1, 0.15) is 0 Å². The average Bonchev–Trinajstić information content (AvgIpc) is 2.32. The molecule has 1 aliphatic heterocycles. The van der Waals surface area contributed by atoms with Gasteiger partial charge in [0.15, 0.2) is 0 Å². The Hall–Kier alpha value is -1.06. The summed E-state index contributed by atoms with van der Waals surface area (Å²) in [6.07, 6.45) is 0. The molecule has 0 radical (unpaired) electrons. The Labute approximate surface area is 97.2 Å². The molecule has 1 aliphatic rings. The number of aryl methyl sites for hydroxylation is 2. The Morgan fingerprint density at radius 2 is 2.19 bits per heavy atom. The number of rotatable bonds is 2. The zero-order valence-electron chi connectivity index (χ0n) is 10.1. The summed E-state index contributed by atoms with van der Waals surface area (Å²) >= 11 is 0. The van der Waals surface area contributed by atoms with Crippen molar-refractivity contribution in [1.82, 2.24) is 0 Å². The molecule has 3 nitrogen and oxygen atoms in total. The molecular formula is C13H20N2O. The van der Waals surface area contributed by atoms with Gasteiger partial charge in [-0.25, -0.2) is 0 Å². The maximum absolute atomic E-state index is 5.78. The predicted octanol–water partition coefficient (Wildman–Crippen LogP) is 1.47. The van der Waals surface area contributed by atoms with Gasteiger partial charge in [-0.2, -0.15) is 0 Å². The first-order valence-electron chi connectivity index (χ1n) is 5.84. The van der Waals surface area contributed by atoms with Gasteiger partial charge < -0.3 is 15.4 Å². The molecule has 2 N–H and O–H groups in total. The van der Waals surface area contributed by atoms with Gasteiger partial charge in [-0.3, -0.25) is 0 Å². The van der Waals surface area contributed by atoms with Gasteiger partial charge in [0.25, 0.3) is 0 Å². The van der Waals surface area contributed by atoms with E-state index in [1.54, 1.807) is 0 Å². The van der Waals surface area contributed by atoms with Crippen molar-refractivity contribution in [1.29, 1.82) is 0 Å². The Kier molecular flexibility index (Phi) is 3.46. The Morgan fingerprint density at radius 1 is 1.38 bits per heavy atom. The highest BCUT2D eigenvalue weighted by atomic mass is 16.5. The summed E-state index contributed by atoms with van der Waals surface area (Å²) in [4.78, 5) is 2.36. The van der Waals surface area contributed by atoms with Crippen molar-refractivity contribution in [3.05, 3.63) is 29.3 Å². The van der Waals surface area contributed by atoms with Crippen molar-refractivity contribution in [3.8, 4) is 0 Å². The number of ether oxygens (including phenoxy) is 1. The average molecular weight is 220 g/mol. The monoisotopic (exact) mass is 220 g/mol. The largest absolute Gasteiger partial charge is 0.377 e. The van der Waals surface area contributed by atoms with Gasteiger partial charge in [-0.15, -0.1) is 0 Å². The molecule has 88 valence electrons. The van der Waals surface area contributed by atoms with Crippen LogP contribution in [-0.2, 0) is 4.74 Å². The van der Waals surface area contributed by atoms with Crippen LogP contribution in [0.15, 0.2) is 18.2 Å². The number of benzene rings is 1. The summed E-state index contributed by atoms with van der Waals surface area (Å²) < 4.78 is 5.46. The number of hydrogen-bond donors (Lipinski definition) is 1. The summed E-state index contributed by atoms with van der Waals surface area (Å²) in [7, 11) is 0. The third-order valence-electron chi connectivity index (χ3n) is 3.32. The predicted molar refractivity (Wildman–Crippen MR) is 66.9 cm³/mol. The second-order valence-electron chi connectivity index (χ2n) is 4.43. The van der Waals surface area contributed by atoms with Crippen LogP contribution in [0.1, 0.15) is 11.1 Å². The van der Waals surface area contributed by atoms with Crippen LogP contribution in [-0.4, -0.2) is 32.3 Å². The normalized spacial score (nSPS) is 21.2. The molecule has 1 saturated heterocycles. The fraction of sp³-hybridized carbons (Fsp3) is 0.538. The third kappa shape index (κ3) is 2.20. The number of morpholine rings is 1. The summed E-state index contributed by atoms with van der Waals surface area (Å²) in [5.41, 5.74) is 9.71. The standard InChI is InChI=1S/C13H20N2O/c1-10-3-4-12(7-11(10)2)15-5-6-16-9-13(15)8-14/h3-4,7,13H,5-6,8-9,14H2,1-2H3. The molecule has 3 heteroatoms. The van der Waals surface area contributed by atoms with Crippen LogP contribution in [0.5, 0.6) is 0 Å². The topological polar surface area (TPSA) is 38.5 Å². The number of anilines is 1. The van der Waals surface area contributed by atoms with Gasteiger partial charge in [0, 0.05) is 18.8 Å². The van der Waals surface area contributed by atoms with Crippen molar-refractivity contribution >= 4 is 5.69 Å². The van der Waals surface area contributed by atoms with Crippen LogP contribution >= 0.6 is 0 Å². The second-order valence-corrected chi connectivity index (χ2v) is 4.43. The quantitative estimate of drug-likeness (QED) is 0.820. The lowest BCUT2D eigenvalue weighted by Gasteiger charge is -2.37. The lowest BCUT2D eigenvalue weighted by atomic mass is 10.1. The number of nitrogens with two attached hydrogens (primary N) is 1. The van der Waals surface area contributed by atoms with Gasteiger partial charge in [0.05, 0.1) is 19.3 Å². The molecule has 1 atom stereocenters. The van der Waals surface area contributed by atoms with E-state index in [0.717, 1.165) is 19.8 Å². The van der Waals surface area contributed by atoms with E-state index in [4.69, 9.17) is 10.5 Å². The second kappa shape index (κ2) is 4.85. The number of nitrogens with zero attached hydrogens (tertiary/aromatic N) is 1. The molecule has 1 aromatic rings. The molecule has 1 aromatic carbocycles. The molecule has 1 heterocycles. The lowest BCUT2D eigenvalue weighted by Crippen LogP contribution is -2.49. The summed E-state index contributed by atoms with van der Waals surface area (Å²) in [6.45, 7) is 7.40. The minimum atomic E-state index is 0.316. The summed E-state index contributed by atoms with van der Waals surface area (Å²) in [5.74, 6) is 0. The number of hydrogen-bond acceptors (Lipinski definition) is 3. The fourth-order valence-corrected chi connectivity index (χ4v) is 2.09. The van der Waals surface area contributed by atoms with Crippen molar-refractivity contribution in [2.24, 2.45) is 5.73 Å². The van der Waals surface area contributed by atoms with Gasteiger partial charge in [-0.1, -0.05) is 6.07 Å². The van der Waals surface area contributed by atoms with Crippen LogP contribution in [0.2, 0.25) is 0 Å². The smallest absolute Gasteiger partial charge is 0.0683 e. The van der Waals surface area contributed by atoms with Crippen LogP contribution in [0.25, 0.3) is 0 Å².